The molecule has 2 rings (SSSR count). The van der Waals surface area contributed by atoms with E-state index in [1.807, 2.05) is 0 Å². The Balaban J connectivity index is 2.12. The van der Waals surface area contributed by atoms with Gasteiger partial charge >= 0.3 is 5.97 Å². The topological polar surface area (TPSA) is 98.2 Å². The number of methoxy groups -OCH3 is 1. The maximum absolute atomic E-state index is 12.0. The van der Waals surface area contributed by atoms with E-state index in [1.165, 1.54) is 7.11 Å². The van der Waals surface area contributed by atoms with Crippen LogP contribution in [0.2, 0.25) is 5.15 Å². The molecule has 22 heavy (non-hydrogen) atoms. The molecule has 0 unspecified atom stereocenters. The number of carbonyl (C=O) groups is 1. The van der Waals surface area contributed by atoms with Crippen LogP contribution in [0.3, 0.4) is 0 Å². The first-order chi connectivity index (χ1) is 10.4. The van der Waals surface area contributed by atoms with Crippen molar-refractivity contribution in [1.29, 1.82) is 0 Å². The number of ether oxygens (including phenoxy) is 1. The van der Waals surface area contributed by atoms with Gasteiger partial charge in [-0.3, -0.25) is 9.52 Å². The number of benzene rings is 1. The summed E-state index contributed by atoms with van der Waals surface area (Å²) in [5.74, 6) is -0.732. The molecule has 2 aromatic rings. The van der Waals surface area contributed by atoms with Gasteiger partial charge in [0.15, 0.2) is 11.0 Å². The van der Waals surface area contributed by atoms with Crippen molar-refractivity contribution in [3.05, 3.63) is 29.4 Å². The highest BCUT2D eigenvalue weighted by Crippen LogP contribution is 2.22. The second-order valence-corrected chi connectivity index (χ2v) is 6.65. The van der Waals surface area contributed by atoms with Gasteiger partial charge in [0.2, 0.25) is 10.0 Å². The van der Waals surface area contributed by atoms with Gasteiger partial charge < -0.3 is 4.74 Å². The van der Waals surface area contributed by atoms with Gasteiger partial charge in [-0.15, -0.1) is 0 Å². The summed E-state index contributed by atoms with van der Waals surface area (Å²) in [5.41, 5.74) is 1.10. The van der Waals surface area contributed by atoms with E-state index >= 15 is 0 Å². The minimum atomic E-state index is -3.67. The van der Waals surface area contributed by atoms with E-state index in [4.69, 9.17) is 11.6 Å². The molecule has 0 fully saturated rings. The van der Waals surface area contributed by atoms with Crippen molar-refractivity contribution < 1.29 is 17.9 Å². The zero-order valence-corrected chi connectivity index (χ0v) is 13.3. The Morgan fingerprint density at radius 2 is 1.91 bits per heavy atom. The Kier molecular flexibility index (Phi) is 5.15. The summed E-state index contributed by atoms with van der Waals surface area (Å²) < 4.78 is 30.7. The molecule has 9 heteroatoms. The smallest absolute Gasteiger partial charge is 0.305 e. The molecule has 1 aromatic heterocycles. The van der Waals surface area contributed by atoms with E-state index in [9.17, 15) is 13.2 Å². The largest absolute Gasteiger partial charge is 0.469 e. The lowest BCUT2D eigenvalue weighted by Gasteiger charge is -2.09. The molecule has 0 saturated carbocycles. The molecule has 0 atom stereocenters. The van der Waals surface area contributed by atoms with Crippen LogP contribution in [0.4, 0.5) is 5.82 Å². The minimum absolute atomic E-state index is 0.0224. The van der Waals surface area contributed by atoms with Crippen molar-refractivity contribution >= 4 is 44.4 Å². The van der Waals surface area contributed by atoms with Crippen LogP contribution in [-0.2, 0) is 19.6 Å². The molecule has 0 aliphatic carbocycles. The molecule has 0 aliphatic rings. The van der Waals surface area contributed by atoms with E-state index in [2.05, 4.69) is 19.4 Å². The Morgan fingerprint density at radius 1 is 1.27 bits per heavy atom. The first-order valence-electron chi connectivity index (χ1n) is 6.41. The van der Waals surface area contributed by atoms with Gasteiger partial charge in [0.05, 0.1) is 23.9 Å². The third-order valence-corrected chi connectivity index (χ3v) is 4.40. The van der Waals surface area contributed by atoms with Gasteiger partial charge in [-0.2, -0.15) is 0 Å². The molecule has 0 bridgehead atoms. The van der Waals surface area contributed by atoms with E-state index in [0.29, 0.717) is 11.0 Å². The van der Waals surface area contributed by atoms with E-state index < -0.39 is 16.0 Å². The Labute approximate surface area is 132 Å². The van der Waals surface area contributed by atoms with Crippen LogP contribution in [-0.4, -0.2) is 37.2 Å². The molecular weight excluding hydrogens is 330 g/mol. The predicted octanol–water partition coefficient (Wildman–Crippen LogP) is 1.98. The SMILES string of the molecule is COC(=O)CCCS(=O)(=O)Nc1nc2ccccc2nc1Cl. The number of halogens is 1. The molecule has 0 aliphatic heterocycles. The number of anilines is 1. The highest BCUT2D eigenvalue weighted by atomic mass is 35.5. The fraction of sp³-hybridized carbons (Fsp3) is 0.308. The number of fused-ring (bicyclic) bond motifs is 1. The molecule has 0 saturated heterocycles. The molecule has 1 aromatic carbocycles. The van der Waals surface area contributed by atoms with Crippen molar-refractivity contribution in [2.45, 2.75) is 12.8 Å². The first kappa shape index (κ1) is 16.4. The van der Waals surface area contributed by atoms with Gasteiger partial charge in [-0.05, 0) is 18.6 Å². The van der Waals surface area contributed by atoms with Gasteiger partial charge in [0.25, 0.3) is 0 Å². The molecule has 0 radical (unpaired) electrons. The van der Waals surface area contributed by atoms with Crippen molar-refractivity contribution in [1.82, 2.24) is 9.97 Å². The number of nitrogens with zero attached hydrogens (tertiary/aromatic N) is 2. The number of nitrogens with one attached hydrogen (secondary N) is 1. The number of sulfonamides is 1. The summed E-state index contributed by atoms with van der Waals surface area (Å²) in [4.78, 5) is 19.2. The number of aromatic nitrogens is 2. The summed E-state index contributed by atoms with van der Waals surface area (Å²) in [6, 6.07) is 6.97. The minimum Gasteiger partial charge on any atom is -0.469 e. The molecule has 7 nitrogen and oxygen atoms in total. The number of esters is 1. The lowest BCUT2D eigenvalue weighted by molar-refractivity contribution is -0.140. The summed E-state index contributed by atoms with van der Waals surface area (Å²) in [5, 5.41) is -0.0322. The van der Waals surface area contributed by atoms with Crippen LogP contribution in [0, 0.1) is 0 Å². The average molecular weight is 344 g/mol. The average Bonchev–Trinajstić information content (AvgIpc) is 2.47. The Hall–Kier alpha value is -1.93. The highest BCUT2D eigenvalue weighted by Gasteiger charge is 2.16. The first-order valence-corrected chi connectivity index (χ1v) is 8.44. The summed E-state index contributed by atoms with van der Waals surface area (Å²) in [7, 11) is -2.42. The molecule has 0 spiro atoms. The lowest BCUT2D eigenvalue weighted by atomic mass is 10.3. The van der Waals surface area contributed by atoms with Gasteiger partial charge in [0, 0.05) is 6.42 Å². The van der Waals surface area contributed by atoms with E-state index in [1.54, 1.807) is 24.3 Å². The maximum atomic E-state index is 12.0. The van der Waals surface area contributed by atoms with E-state index in [0.717, 1.165) is 0 Å². The van der Waals surface area contributed by atoms with Crippen LogP contribution >= 0.6 is 11.6 Å². The van der Waals surface area contributed by atoms with Crippen LogP contribution in [0.1, 0.15) is 12.8 Å². The van der Waals surface area contributed by atoms with Crippen LogP contribution in [0.25, 0.3) is 11.0 Å². The fourth-order valence-corrected chi connectivity index (χ4v) is 3.05. The van der Waals surface area contributed by atoms with Crippen molar-refractivity contribution in [2.75, 3.05) is 17.6 Å². The van der Waals surface area contributed by atoms with Crippen LogP contribution in [0.15, 0.2) is 24.3 Å². The highest BCUT2D eigenvalue weighted by molar-refractivity contribution is 7.92. The molecule has 118 valence electrons. The zero-order valence-electron chi connectivity index (χ0n) is 11.7. The molecular formula is C13H14ClN3O4S. The number of hydrogen-bond acceptors (Lipinski definition) is 6. The normalized spacial score (nSPS) is 11.4. The van der Waals surface area contributed by atoms with Gasteiger partial charge in [-0.25, -0.2) is 18.4 Å². The standard InChI is InChI=1S/C13H14ClN3O4S/c1-21-11(18)7-4-8-22(19,20)17-13-12(14)15-9-5-2-3-6-10(9)16-13/h2-3,5-6H,4,7-8H2,1H3,(H,16,17). The molecule has 1 N–H and O–H groups in total. The van der Waals surface area contributed by atoms with Crippen LogP contribution in [0.5, 0.6) is 0 Å². The van der Waals surface area contributed by atoms with Gasteiger partial charge in [0.1, 0.15) is 0 Å². The molecule has 1 heterocycles. The summed E-state index contributed by atoms with van der Waals surface area (Å²) in [6.07, 6.45) is 0.162. The van der Waals surface area contributed by atoms with Crippen molar-refractivity contribution in [3.63, 3.8) is 0 Å². The van der Waals surface area contributed by atoms with Crippen molar-refractivity contribution in [3.8, 4) is 0 Å². The lowest BCUT2D eigenvalue weighted by Crippen LogP contribution is -2.19. The molecule has 0 amide bonds. The quantitative estimate of drug-likeness (QED) is 0.805. The number of rotatable bonds is 6. The predicted molar refractivity (Wildman–Crippen MR) is 83.2 cm³/mol. The third kappa shape index (κ3) is 4.28. The van der Waals surface area contributed by atoms with Crippen LogP contribution < -0.4 is 4.72 Å². The third-order valence-electron chi connectivity index (χ3n) is 2.80. The number of carbonyl (C=O) groups excluding carboxylic acids is 1. The Morgan fingerprint density at radius 3 is 2.55 bits per heavy atom. The van der Waals surface area contributed by atoms with Gasteiger partial charge in [-0.1, -0.05) is 23.7 Å². The Bertz CT molecular complexity index is 795. The maximum Gasteiger partial charge on any atom is 0.305 e. The van der Waals surface area contributed by atoms with E-state index in [-0.39, 0.29) is 29.6 Å². The monoisotopic (exact) mass is 343 g/mol. The fourth-order valence-electron chi connectivity index (χ4n) is 1.75. The van der Waals surface area contributed by atoms with Crippen molar-refractivity contribution in [2.24, 2.45) is 0 Å². The summed E-state index contributed by atoms with van der Waals surface area (Å²) in [6.45, 7) is 0. The second kappa shape index (κ2) is 6.89. The second-order valence-electron chi connectivity index (χ2n) is 4.45. The number of para-hydroxylation sites is 2. The number of hydrogen-bond donors (Lipinski definition) is 1. The zero-order chi connectivity index (χ0) is 16.2. The summed E-state index contributed by atoms with van der Waals surface area (Å²) >= 11 is 5.94.